The number of nitrogens with zero attached hydrogens (tertiary/aromatic N) is 5. The number of hydrogen-bond acceptors (Lipinski definition) is 12. The topological polar surface area (TPSA) is 275 Å². The van der Waals surface area contributed by atoms with Crippen molar-refractivity contribution in [3.8, 4) is 0 Å². The predicted molar refractivity (Wildman–Crippen MR) is 209 cm³/mol. The third-order valence-electron chi connectivity index (χ3n) is 10.3. The first-order valence-electron chi connectivity index (χ1n) is 20.1. The number of carbonyl (C=O) groups is 8. The standard InChI is InChI=1S/C39H56N10O10/c1-6-11-27(34(53)37(56)40-19-31(51)52)41-35(54)28-18-26(59-39(58)48-17-16-24-12-7-8-13-25(24)20-48)21-49(28)38(57)33(23(4)5)43-36(55)32(22(2)3)42-30(50)15-10-9-14-29-44-46-47-45-29/h7-8,12-13,22-23,26-28,32-33H,6,9-11,14-21H2,1-5H3,(H,40,56)(H,41,54)(H,42,50)(H,43,55)(H,51,52)(H,44,45,46,47)/t26-,27?,28?,32-,33+/m1/s1. The van der Waals surface area contributed by atoms with Crippen molar-refractivity contribution in [1.29, 1.82) is 0 Å². The summed E-state index contributed by atoms with van der Waals surface area (Å²) in [6.45, 7) is 8.34. The zero-order valence-corrected chi connectivity index (χ0v) is 34.2. The van der Waals surface area contributed by atoms with Crippen LogP contribution in [0.15, 0.2) is 24.3 Å². The molecule has 4 rings (SSSR count). The van der Waals surface area contributed by atoms with Crippen LogP contribution in [0.25, 0.3) is 0 Å². The van der Waals surface area contributed by atoms with Crippen LogP contribution < -0.4 is 21.3 Å². The van der Waals surface area contributed by atoms with Crippen LogP contribution in [0.5, 0.6) is 0 Å². The summed E-state index contributed by atoms with van der Waals surface area (Å²) in [5.41, 5.74) is 2.10. The molecule has 6 amide bonds. The first kappa shape index (κ1) is 45.7. The lowest BCUT2D eigenvalue weighted by atomic mass is 9.98. The van der Waals surface area contributed by atoms with Gasteiger partial charge in [-0.1, -0.05) is 70.5 Å². The lowest BCUT2D eigenvalue weighted by Crippen LogP contribution is -2.59. The Morgan fingerprint density at radius 2 is 1.66 bits per heavy atom. The van der Waals surface area contributed by atoms with Crippen molar-refractivity contribution in [3.05, 3.63) is 41.2 Å². The molecule has 59 heavy (non-hydrogen) atoms. The maximum Gasteiger partial charge on any atom is 0.410 e. The molecule has 0 aliphatic carbocycles. The van der Waals surface area contributed by atoms with Crippen molar-refractivity contribution in [2.24, 2.45) is 11.8 Å². The van der Waals surface area contributed by atoms with E-state index in [4.69, 9.17) is 9.84 Å². The van der Waals surface area contributed by atoms with Crippen LogP contribution >= 0.6 is 0 Å². The molecule has 3 heterocycles. The number of carboxylic acid groups (broad SMARTS) is 1. The van der Waals surface area contributed by atoms with Gasteiger partial charge in [0.2, 0.25) is 29.4 Å². The summed E-state index contributed by atoms with van der Waals surface area (Å²) in [5, 5.41) is 32.8. The molecule has 2 aliphatic rings. The second-order valence-electron chi connectivity index (χ2n) is 15.5. The second kappa shape index (κ2) is 21.7. The summed E-state index contributed by atoms with van der Waals surface area (Å²) in [6.07, 6.45) is 1.07. The second-order valence-corrected chi connectivity index (χ2v) is 15.5. The lowest BCUT2D eigenvalue weighted by molar-refractivity contribution is -0.145. The third kappa shape index (κ3) is 13.0. The quantitative estimate of drug-likeness (QED) is 0.0781. The summed E-state index contributed by atoms with van der Waals surface area (Å²) >= 11 is 0. The first-order valence-corrected chi connectivity index (χ1v) is 20.1. The number of hydrogen-bond donors (Lipinski definition) is 6. The predicted octanol–water partition coefficient (Wildman–Crippen LogP) is 0.413. The van der Waals surface area contributed by atoms with Crippen LogP contribution in [0, 0.1) is 11.8 Å². The van der Waals surface area contributed by atoms with Gasteiger partial charge in [0.1, 0.15) is 30.8 Å². The highest BCUT2D eigenvalue weighted by molar-refractivity contribution is 6.38. The van der Waals surface area contributed by atoms with Crippen LogP contribution in [0.4, 0.5) is 4.79 Å². The minimum absolute atomic E-state index is 0.0341. The Hall–Kier alpha value is -5.95. The number of H-pyrrole nitrogens is 1. The number of Topliss-reactive ketones (excluding diaryl/α,β-unsaturated/α-hetero) is 1. The van der Waals surface area contributed by atoms with Gasteiger partial charge in [0, 0.05) is 32.4 Å². The minimum atomic E-state index is -1.36. The van der Waals surface area contributed by atoms with Crippen molar-refractivity contribution in [1.82, 2.24) is 51.7 Å². The molecule has 20 heteroatoms. The fourth-order valence-corrected chi connectivity index (χ4v) is 7.04. The van der Waals surface area contributed by atoms with E-state index in [0.717, 1.165) is 11.1 Å². The number of carboxylic acids is 1. The number of amides is 6. The molecule has 20 nitrogen and oxygen atoms in total. The number of aliphatic carboxylic acids is 1. The number of ketones is 1. The number of likely N-dealkylation sites (tertiary alicyclic amines) is 1. The largest absolute Gasteiger partial charge is 0.480 e. The number of fused-ring (bicyclic) bond motifs is 1. The van der Waals surface area contributed by atoms with Gasteiger partial charge in [0.05, 0.1) is 12.6 Å². The highest BCUT2D eigenvalue weighted by atomic mass is 16.6. The lowest BCUT2D eigenvalue weighted by Gasteiger charge is -2.32. The summed E-state index contributed by atoms with van der Waals surface area (Å²) in [5.74, 6) is -6.39. The van der Waals surface area contributed by atoms with Crippen molar-refractivity contribution < 1.29 is 48.2 Å². The summed E-state index contributed by atoms with van der Waals surface area (Å²) in [7, 11) is 0. The molecule has 6 N–H and O–H groups in total. The number of unbranched alkanes of at least 4 members (excludes halogenated alkanes) is 1. The molecule has 0 radical (unpaired) electrons. The van der Waals surface area contributed by atoms with E-state index >= 15 is 0 Å². The molecule has 1 saturated heterocycles. The highest BCUT2D eigenvalue weighted by Crippen LogP contribution is 2.26. The SMILES string of the molecule is CCCC(NC(=O)C1C[C@@H](OC(=O)N2CCc3ccccc3C2)CN1C(=O)[C@@H](NC(=O)[C@H](NC(=O)CCCCc1nn[nH]n1)C(C)C)C(C)C)C(=O)C(=O)NCC(=O)O. The Morgan fingerprint density at radius 3 is 2.31 bits per heavy atom. The van der Waals surface area contributed by atoms with Gasteiger partial charge >= 0.3 is 12.1 Å². The first-order chi connectivity index (χ1) is 28.1. The van der Waals surface area contributed by atoms with Crippen molar-refractivity contribution in [3.63, 3.8) is 0 Å². The number of nitrogens with one attached hydrogen (secondary N) is 5. The van der Waals surface area contributed by atoms with E-state index in [1.165, 1.54) is 4.90 Å². The molecule has 2 aliphatic heterocycles. The minimum Gasteiger partial charge on any atom is -0.480 e. The van der Waals surface area contributed by atoms with Gasteiger partial charge in [-0.3, -0.25) is 33.6 Å². The van der Waals surface area contributed by atoms with Gasteiger partial charge < -0.3 is 40.9 Å². The summed E-state index contributed by atoms with van der Waals surface area (Å²) in [6, 6.07) is 2.92. The third-order valence-corrected chi connectivity index (χ3v) is 10.3. The maximum atomic E-state index is 14.5. The monoisotopic (exact) mass is 824 g/mol. The summed E-state index contributed by atoms with van der Waals surface area (Å²) in [4.78, 5) is 108. The van der Waals surface area contributed by atoms with Crippen LogP contribution in [0.3, 0.4) is 0 Å². The van der Waals surface area contributed by atoms with E-state index in [1.807, 2.05) is 29.6 Å². The Kier molecular flexibility index (Phi) is 16.8. The number of tetrazole rings is 1. The molecule has 0 saturated carbocycles. The van der Waals surface area contributed by atoms with Crippen molar-refractivity contribution in [2.45, 2.75) is 123 Å². The van der Waals surface area contributed by atoms with Gasteiger partial charge in [0.15, 0.2) is 5.82 Å². The molecule has 0 bridgehead atoms. The molecule has 2 aromatic rings. The van der Waals surface area contributed by atoms with E-state index in [1.54, 1.807) is 39.5 Å². The average Bonchev–Trinajstić information content (AvgIpc) is 3.89. The van der Waals surface area contributed by atoms with Crippen LogP contribution in [0.1, 0.15) is 90.1 Å². The van der Waals surface area contributed by atoms with Crippen molar-refractivity contribution >= 4 is 47.4 Å². The Balaban J connectivity index is 1.50. The number of rotatable bonds is 20. The average molecular weight is 825 g/mol. The Morgan fingerprint density at radius 1 is 0.949 bits per heavy atom. The number of carbonyl (C=O) groups excluding carboxylic acids is 7. The molecule has 2 unspecified atom stereocenters. The van der Waals surface area contributed by atoms with Gasteiger partial charge in [0.25, 0.3) is 5.91 Å². The van der Waals surface area contributed by atoms with Crippen molar-refractivity contribution in [2.75, 3.05) is 19.6 Å². The number of benzene rings is 1. The highest BCUT2D eigenvalue weighted by Gasteiger charge is 2.46. The zero-order valence-electron chi connectivity index (χ0n) is 34.2. The van der Waals surface area contributed by atoms with Crippen LogP contribution in [-0.4, -0.2) is 133 Å². The molecule has 0 spiro atoms. The number of aryl methyl sites for hydroxylation is 1. The molecule has 1 aromatic heterocycles. The molecular formula is C39H56N10O10. The molecule has 5 atom stereocenters. The van der Waals surface area contributed by atoms with Gasteiger partial charge in [-0.15, -0.1) is 10.2 Å². The maximum absolute atomic E-state index is 14.5. The zero-order chi connectivity index (χ0) is 43.2. The Bertz CT molecular complexity index is 1820. The van der Waals surface area contributed by atoms with E-state index in [-0.39, 0.29) is 37.6 Å². The summed E-state index contributed by atoms with van der Waals surface area (Å²) < 4.78 is 5.90. The van der Waals surface area contributed by atoms with Gasteiger partial charge in [-0.05, 0) is 48.6 Å². The fraction of sp³-hybridized carbons (Fsp3) is 0.615. The molecule has 1 fully saturated rings. The van der Waals surface area contributed by atoms with E-state index in [0.29, 0.717) is 51.0 Å². The van der Waals surface area contributed by atoms with E-state index < -0.39 is 84.2 Å². The number of aromatic nitrogens is 4. The van der Waals surface area contributed by atoms with Gasteiger partial charge in [-0.2, -0.15) is 5.21 Å². The van der Waals surface area contributed by atoms with Crippen LogP contribution in [0.2, 0.25) is 0 Å². The van der Waals surface area contributed by atoms with Crippen LogP contribution in [-0.2, 0) is 57.7 Å². The Labute approximate surface area is 342 Å². The fourth-order valence-electron chi connectivity index (χ4n) is 7.04. The number of aromatic amines is 1. The normalized spacial score (nSPS) is 17.7. The van der Waals surface area contributed by atoms with Gasteiger partial charge in [-0.25, -0.2) is 4.79 Å². The smallest absolute Gasteiger partial charge is 0.410 e. The molecule has 322 valence electrons. The van der Waals surface area contributed by atoms with E-state index in [2.05, 4.69) is 36.6 Å². The molecule has 1 aromatic carbocycles. The number of ether oxygens (including phenoxy) is 1. The molecular weight excluding hydrogens is 768 g/mol. The van der Waals surface area contributed by atoms with E-state index in [9.17, 15) is 38.4 Å².